The van der Waals surface area contributed by atoms with E-state index in [0.29, 0.717) is 48.6 Å². The minimum atomic E-state index is -0.659. The van der Waals surface area contributed by atoms with E-state index >= 15 is 0 Å². The number of imidazole rings is 1. The van der Waals surface area contributed by atoms with Crippen molar-refractivity contribution < 1.29 is 13.9 Å². The van der Waals surface area contributed by atoms with Gasteiger partial charge in [-0.05, 0) is 47.5 Å². The van der Waals surface area contributed by atoms with E-state index in [1.165, 1.54) is 12.1 Å². The highest BCUT2D eigenvalue weighted by Crippen LogP contribution is 2.33. The molecule has 1 aliphatic rings. The smallest absolute Gasteiger partial charge is 0.223 e. The first-order valence-corrected chi connectivity index (χ1v) is 10.4. The fraction of sp³-hybridized carbons (Fsp3) is 0.167. The lowest BCUT2D eigenvalue weighted by Crippen LogP contribution is -2.20. The number of anilines is 1. The van der Waals surface area contributed by atoms with Crippen LogP contribution in [0.2, 0.25) is 0 Å². The Hall–Kier alpha value is -3.95. The minimum Gasteiger partial charge on any atom is -0.350 e. The summed E-state index contributed by atoms with van der Waals surface area (Å²) in [6, 6.07) is 11.8. The fourth-order valence-electron chi connectivity index (χ4n) is 3.41. The summed E-state index contributed by atoms with van der Waals surface area (Å²) in [7, 11) is 0. The van der Waals surface area contributed by atoms with Crippen LogP contribution in [0.4, 0.5) is 10.3 Å². The molecular formula is C24H21FN6O2. The Labute approximate surface area is 189 Å². The molecule has 4 heterocycles. The molecule has 0 amide bonds. The van der Waals surface area contributed by atoms with Gasteiger partial charge in [0.25, 0.3) is 0 Å². The lowest BCUT2D eigenvalue weighted by molar-refractivity contribution is -0.165. The van der Waals surface area contributed by atoms with Gasteiger partial charge >= 0.3 is 0 Å². The average molecular weight is 444 g/mol. The fourth-order valence-corrected chi connectivity index (χ4v) is 3.41. The summed E-state index contributed by atoms with van der Waals surface area (Å²) >= 11 is 0. The van der Waals surface area contributed by atoms with Crippen LogP contribution in [0.3, 0.4) is 0 Å². The Morgan fingerprint density at radius 3 is 2.64 bits per heavy atom. The van der Waals surface area contributed by atoms with Gasteiger partial charge in [0.05, 0.1) is 30.3 Å². The highest BCUT2D eigenvalue weighted by molar-refractivity contribution is 5.77. The minimum absolute atomic E-state index is 0.322. The SMILES string of the molecule is C=C1COC(c2nc(-c3ccc(F)cc3)c(-c3ccnc(NCc4cccnc4)n3)[nH]2)OC1. The first-order valence-electron chi connectivity index (χ1n) is 10.4. The maximum atomic E-state index is 13.5. The normalized spacial score (nSPS) is 14.4. The van der Waals surface area contributed by atoms with Gasteiger partial charge < -0.3 is 19.8 Å². The Kier molecular flexibility index (Phi) is 5.88. The second kappa shape index (κ2) is 9.27. The number of aromatic amines is 1. The van der Waals surface area contributed by atoms with Gasteiger partial charge in [0.1, 0.15) is 5.82 Å². The molecule has 0 unspecified atom stereocenters. The van der Waals surface area contributed by atoms with Crippen molar-refractivity contribution in [3.63, 3.8) is 0 Å². The molecule has 9 heteroatoms. The molecular weight excluding hydrogens is 423 g/mol. The number of nitrogens with one attached hydrogen (secondary N) is 2. The monoisotopic (exact) mass is 444 g/mol. The molecule has 0 radical (unpaired) electrons. The molecule has 1 fully saturated rings. The molecule has 0 atom stereocenters. The number of halogens is 1. The number of H-pyrrole nitrogens is 1. The lowest BCUT2D eigenvalue weighted by atomic mass is 10.1. The Morgan fingerprint density at radius 2 is 1.88 bits per heavy atom. The third-order valence-corrected chi connectivity index (χ3v) is 5.03. The molecule has 0 spiro atoms. The van der Waals surface area contributed by atoms with E-state index in [1.54, 1.807) is 36.8 Å². The summed E-state index contributed by atoms with van der Waals surface area (Å²) in [5, 5.41) is 3.21. The predicted molar refractivity (Wildman–Crippen MR) is 120 cm³/mol. The van der Waals surface area contributed by atoms with Crippen molar-refractivity contribution >= 4 is 5.95 Å². The van der Waals surface area contributed by atoms with Crippen molar-refractivity contribution in [2.45, 2.75) is 12.8 Å². The van der Waals surface area contributed by atoms with Crippen molar-refractivity contribution in [2.75, 3.05) is 18.5 Å². The van der Waals surface area contributed by atoms with E-state index in [2.05, 4.69) is 31.8 Å². The number of rotatable bonds is 6. The largest absolute Gasteiger partial charge is 0.350 e. The van der Waals surface area contributed by atoms with Gasteiger partial charge in [0.2, 0.25) is 12.2 Å². The van der Waals surface area contributed by atoms with Gasteiger partial charge in [-0.3, -0.25) is 4.98 Å². The third-order valence-electron chi connectivity index (χ3n) is 5.03. The predicted octanol–water partition coefficient (Wildman–Crippen LogP) is 4.28. The van der Waals surface area contributed by atoms with Crippen LogP contribution in [0.25, 0.3) is 22.6 Å². The summed E-state index contributed by atoms with van der Waals surface area (Å²) in [6.07, 6.45) is 4.51. The van der Waals surface area contributed by atoms with Crippen molar-refractivity contribution in [3.8, 4) is 22.6 Å². The number of ether oxygens (including phenoxy) is 2. The van der Waals surface area contributed by atoms with Gasteiger partial charge in [-0.2, -0.15) is 0 Å². The maximum Gasteiger partial charge on any atom is 0.223 e. The molecule has 33 heavy (non-hydrogen) atoms. The van der Waals surface area contributed by atoms with Crippen LogP contribution in [0.1, 0.15) is 17.7 Å². The second-order valence-electron chi connectivity index (χ2n) is 7.54. The summed E-state index contributed by atoms with van der Waals surface area (Å²) < 4.78 is 25.0. The molecule has 0 aliphatic carbocycles. The summed E-state index contributed by atoms with van der Waals surface area (Å²) in [6.45, 7) is 5.19. The van der Waals surface area contributed by atoms with E-state index in [9.17, 15) is 4.39 Å². The zero-order chi connectivity index (χ0) is 22.6. The van der Waals surface area contributed by atoms with Crippen LogP contribution in [0, 0.1) is 5.82 Å². The number of benzene rings is 1. The zero-order valence-corrected chi connectivity index (χ0v) is 17.7. The van der Waals surface area contributed by atoms with Gasteiger partial charge in [-0.15, -0.1) is 0 Å². The molecule has 4 aromatic rings. The molecule has 8 nitrogen and oxygen atoms in total. The summed E-state index contributed by atoms with van der Waals surface area (Å²) in [5.74, 6) is 0.636. The van der Waals surface area contributed by atoms with Crippen molar-refractivity contribution in [1.82, 2.24) is 24.9 Å². The zero-order valence-electron chi connectivity index (χ0n) is 17.7. The van der Waals surface area contributed by atoms with Crippen LogP contribution in [-0.2, 0) is 16.0 Å². The van der Waals surface area contributed by atoms with Gasteiger partial charge in [0, 0.05) is 30.7 Å². The molecule has 166 valence electrons. The van der Waals surface area contributed by atoms with Crippen LogP contribution < -0.4 is 5.32 Å². The molecule has 1 saturated heterocycles. The molecule has 3 aromatic heterocycles. The Balaban J connectivity index is 1.48. The number of hydrogen-bond acceptors (Lipinski definition) is 7. The van der Waals surface area contributed by atoms with E-state index < -0.39 is 6.29 Å². The van der Waals surface area contributed by atoms with Crippen molar-refractivity contribution in [1.29, 1.82) is 0 Å². The van der Waals surface area contributed by atoms with E-state index in [1.807, 2.05) is 12.1 Å². The first kappa shape index (κ1) is 20.9. The van der Waals surface area contributed by atoms with Crippen LogP contribution >= 0.6 is 0 Å². The highest BCUT2D eigenvalue weighted by Gasteiger charge is 2.25. The average Bonchev–Trinajstić information content (AvgIpc) is 3.30. The maximum absolute atomic E-state index is 13.5. The molecule has 5 rings (SSSR count). The highest BCUT2D eigenvalue weighted by atomic mass is 19.1. The quantitative estimate of drug-likeness (QED) is 0.428. The first-order chi connectivity index (χ1) is 16.2. The van der Waals surface area contributed by atoms with Crippen molar-refractivity contribution in [2.24, 2.45) is 0 Å². The molecule has 0 bridgehead atoms. The molecule has 1 aromatic carbocycles. The Bertz CT molecular complexity index is 1250. The van der Waals surface area contributed by atoms with Gasteiger partial charge in [0.15, 0.2) is 5.82 Å². The standard InChI is InChI=1S/C24H21FN6O2/c1-15-13-32-23(33-14-15)22-30-20(17-4-6-18(25)7-5-17)21(31-22)19-8-10-27-24(29-19)28-12-16-3-2-9-26-11-16/h2-11,23H,1,12-14H2,(H,30,31)(H,27,28,29). The van der Waals surface area contributed by atoms with E-state index in [0.717, 1.165) is 16.7 Å². The van der Waals surface area contributed by atoms with Crippen LogP contribution in [0.5, 0.6) is 0 Å². The molecule has 2 N–H and O–H groups in total. The number of hydrogen-bond donors (Lipinski definition) is 2. The number of pyridine rings is 1. The third kappa shape index (κ3) is 4.79. The second-order valence-corrected chi connectivity index (χ2v) is 7.54. The van der Waals surface area contributed by atoms with Gasteiger partial charge in [-0.25, -0.2) is 19.3 Å². The summed E-state index contributed by atoms with van der Waals surface area (Å²) in [4.78, 5) is 21.1. The number of nitrogens with zero attached hydrogens (tertiary/aromatic N) is 4. The van der Waals surface area contributed by atoms with E-state index in [4.69, 9.17) is 14.5 Å². The topological polar surface area (TPSA) is 97.8 Å². The molecule has 1 aliphatic heterocycles. The molecule has 0 saturated carbocycles. The van der Waals surface area contributed by atoms with Crippen molar-refractivity contribution in [3.05, 3.63) is 90.4 Å². The van der Waals surface area contributed by atoms with Crippen LogP contribution in [-0.4, -0.2) is 38.1 Å². The van der Waals surface area contributed by atoms with Gasteiger partial charge in [-0.1, -0.05) is 12.6 Å². The summed E-state index contributed by atoms with van der Waals surface area (Å²) in [5.41, 5.74) is 4.49. The lowest BCUT2D eigenvalue weighted by Gasteiger charge is -2.22. The van der Waals surface area contributed by atoms with Crippen LogP contribution in [0.15, 0.2) is 73.2 Å². The van der Waals surface area contributed by atoms with E-state index in [-0.39, 0.29) is 5.82 Å². The Morgan fingerprint density at radius 1 is 1.06 bits per heavy atom. The number of aromatic nitrogens is 5.